The largest absolute Gasteiger partial charge is 0.507 e. The van der Waals surface area contributed by atoms with Gasteiger partial charge in [-0.2, -0.15) is 0 Å². The maximum absolute atomic E-state index is 9.75. The summed E-state index contributed by atoms with van der Waals surface area (Å²) >= 11 is 3.44. The standard InChI is InChI=1S/C15H12BrNO2/c16-12-4-1-2-7-15(12)19-9-10-8-11-13(17-10)5-3-6-14(11)18/h1-8,17-18H,9H2. The van der Waals surface area contributed by atoms with Gasteiger partial charge in [-0.3, -0.25) is 0 Å². The molecular formula is C15H12BrNO2. The van der Waals surface area contributed by atoms with Crippen molar-refractivity contribution in [2.75, 3.05) is 0 Å². The number of ether oxygens (including phenoxy) is 1. The van der Waals surface area contributed by atoms with Gasteiger partial charge in [0.25, 0.3) is 0 Å². The number of hydrogen-bond acceptors (Lipinski definition) is 2. The summed E-state index contributed by atoms with van der Waals surface area (Å²) in [5.41, 5.74) is 1.83. The monoisotopic (exact) mass is 317 g/mol. The van der Waals surface area contributed by atoms with Crippen LogP contribution in [0.25, 0.3) is 10.9 Å². The van der Waals surface area contributed by atoms with Crippen molar-refractivity contribution in [3.8, 4) is 11.5 Å². The summed E-state index contributed by atoms with van der Waals surface area (Å²) in [5.74, 6) is 1.08. The SMILES string of the molecule is Oc1cccc2[nH]c(COc3ccccc3Br)cc12. The first-order valence-electron chi connectivity index (χ1n) is 5.91. The fraction of sp³-hybridized carbons (Fsp3) is 0.0667. The number of aromatic nitrogens is 1. The fourth-order valence-corrected chi connectivity index (χ4v) is 2.39. The molecule has 4 heteroatoms. The van der Waals surface area contributed by atoms with Crippen molar-refractivity contribution in [3.05, 3.63) is 58.7 Å². The zero-order chi connectivity index (χ0) is 13.2. The smallest absolute Gasteiger partial charge is 0.134 e. The summed E-state index contributed by atoms with van der Waals surface area (Å²) in [6.07, 6.45) is 0. The Kier molecular flexibility index (Phi) is 3.17. The third-order valence-corrected chi connectivity index (χ3v) is 3.57. The first-order chi connectivity index (χ1) is 9.24. The van der Waals surface area contributed by atoms with E-state index >= 15 is 0 Å². The van der Waals surface area contributed by atoms with E-state index < -0.39 is 0 Å². The van der Waals surface area contributed by atoms with Crippen LogP contribution >= 0.6 is 15.9 Å². The number of H-pyrrole nitrogens is 1. The zero-order valence-corrected chi connectivity index (χ0v) is 11.6. The molecule has 0 amide bonds. The van der Waals surface area contributed by atoms with E-state index in [2.05, 4.69) is 20.9 Å². The molecule has 0 unspecified atom stereocenters. The van der Waals surface area contributed by atoms with Crippen LogP contribution in [0.5, 0.6) is 11.5 Å². The first-order valence-corrected chi connectivity index (χ1v) is 6.70. The average Bonchev–Trinajstić information content (AvgIpc) is 2.82. The van der Waals surface area contributed by atoms with E-state index in [0.717, 1.165) is 26.8 Å². The highest BCUT2D eigenvalue weighted by Crippen LogP contribution is 2.27. The van der Waals surface area contributed by atoms with Gasteiger partial charge in [-0.1, -0.05) is 18.2 Å². The molecule has 1 heterocycles. The van der Waals surface area contributed by atoms with Gasteiger partial charge < -0.3 is 14.8 Å². The van der Waals surface area contributed by atoms with Gasteiger partial charge in [-0.25, -0.2) is 0 Å². The number of phenolic OH excluding ortho intramolecular Hbond substituents is 1. The molecular weight excluding hydrogens is 306 g/mol. The van der Waals surface area contributed by atoms with Gasteiger partial charge in [0, 0.05) is 10.9 Å². The number of hydrogen-bond donors (Lipinski definition) is 2. The van der Waals surface area contributed by atoms with Crippen LogP contribution in [0.2, 0.25) is 0 Å². The van der Waals surface area contributed by atoms with Gasteiger partial charge in [0.1, 0.15) is 18.1 Å². The lowest BCUT2D eigenvalue weighted by Crippen LogP contribution is -1.95. The van der Waals surface area contributed by atoms with Crippen LogP contribution in [0.1, 0.15) is 5.69 Å². The van der Waals surface area contributed by atoms with Gasteiger partial charge >= 0.3 is 0 Å². The molecule has 0 atom stereocenters. The van der Waals surface area contributed by atoms with E-state index in [1.54, 1.807) is 6.07 Å². The van der Waals surface area contributed by atoms with E-state index in [1.165, 1.54) is 0 Å². The van der Waals surface area contributed by atoms with Crippen molar-refractivity contribution in [1.82, 2.24) is 4.98 Å². The Balaban J connectivity index is 1.83. The molecule has 0 bridgehead atoms. The molecule has 2 N–H and O–H groups in total. The second-order valence-electron chi connectivity index (χ2n) is 4.25. The van der Waals surface area contributed by atoms with Crippen LogP contribution in [-0.2, 0) is 6.61 Å². The van der Waals surface area contributed by atoms with Crippen molar-refractivity contribution >= 4 is 26.8 Å². The van der Waals surface area contributed by atoms with E-state index in [1.807, 2.05) is 42.5 Å². The highest BCUT2D eigenvalue weighted by molar-refractivity contribution is 9.10. The normalized spacial score (nSPS) is 10.8. The Labute approximate surface area is 119 Å². The molecule has 0 radical (unpaired) electrons. The number of aromatic amines is 1. The number of halogens is 1. The minimum atomic E-state index is 0.279. The number of aromatic hydroxyl groups is 1. The van der Waals surface area contributed by atoms with E-state index in [4.69, 9.17) is 4.74 Å². The predicted octanol–water partition coefficient (Wildman–Crippen LogP) is 4.22. The lowest BCUT2D eigenvalue weighted by molar-refractivity contribution is 0.300. The summed E-state index contributed by atoms with van der Waals surface area (Å²) in [6, 6.07) is 15.0. The quantitative estimate of drug-likeness (QED) is 0.759. The summed E-state index contributed by atoms with van der Waals surface area (Å²) in [4.78, 5) is 3.23. The van der Waals surface area contributed by atoms with Crippen LogP contribution in [0.15, 0.2) is 53.0 Å². The molecule has 2 aromatic carbocycles. The third-order valence-electron chi connectivity index (χ3n) is 2.92. The Bertz CT molecular complexity index is 721. The Morgan fingerprint density at radius 3 is 2.74 bits per heavy atom. The van der Waals surface area contributed by atoms with Crippen molar-refractivity contribution in [3.63, 3.8) is 0 Å². The van der Waals surface area contributed by atoms with E-state index in [9.17, 15) is 5.11 Å². The van der Waals surface area contributed by atoms with E-state index in [-0.39, 0.29) is 5.75 Å². The highest BCUT2D eigenvalue weighted by atomic mass is 79.9. The van der Waals surface area contributed by atoms with Gasteiger partial charge in [-0.15, -0.1) is 0 Å². The molecule has 0 spiro atoms. The number of rotatable bonds is 3. The van der Waals surface area contributed by atoms with Crippen molar-refractivity contribution in [1.29, 1.82) is 0 Å². The van der Waals surface area contributed by atoms with Crippen LogP contribution in [-0.4, -0.2) is 10.1 Å². The molecule has 0 saturated carbocycles. The maximum Gasteiger partial charge on any atom is 0.134 e. The Hall–Kier alpha value is -1.94. The summed E-state index contributed by atoms with van der Waals surface area (Å²) in [7, 11) is 0. The van der Waals surface area contributed by atoms with Gasteiger partial charge in [0.05, 0.1) is 10.2 Å². The minimum Gasteiger partial charge on any atom is -0.507 e. The molecule has 0 aliphatic heterocycles. The van der Waals surface area contributed by atoms with Gasteiger partial charge in [0.2, 0.25) is 0 Å². The van der Waals surface area contributed by atoms with Crippen molar-refractivity contribution in [2.45, 2.75) is 6.61 Å². The van der Waals surface area contributed by atoms with Crippen LogP contribution < -0.4 is 4.74 Å². The predicted molar refractivity (Wildman–Crippen MR) is 78.4 cm³/mol. The fourth-order valence-electron chi connectivity index (χ4n) is 1.99. The lowest BCUT2D eigenvalue weighted by atomic mass is 10.2. The maximum atomic E-state index is 9.75. The molecule has 19 heavy (non-hydrogen) atoms. The van der Waals surface area contributed by atoms with Crippen LogP contribution in [0.4, 0.5) is 0 Å². The van der Waals surface area contributed by atoms with Crippen molar-refractivity contribution in [2.24, 2.45) is 0 Å². The minimum absolute atomic E-state index is 0.279. The number of nitrogens with one attached hydrogen (secondary N) is 1. The zero-order valence-electron chi connectivity index (χ0n) is 10.1. The summed E-state index contributed by atoms with van der Waals surface area (Å²) in [6.45, 7) is 0.427. The molecule has 0 aliphatic rings. The lowest BCUT2D eigenvalue weighted by Gasteiger charge is -2.06. The molecule has 3 aromatic rings. The Morgan fingerprint density at radius 1 is 1.11 bits per heavy atom. The first kappa shape index (κ1) is 12.1. The Morgan fingerprint density at radius 2 is 1.95 bits per heavy atom. The number of para-hydroxylation sites is 1. The second-order valence-corrected chi connectivity index (χ2v) is 5.11. The summed E-state index contributed by atoms with van der Waals surface area (Å²) < 4.78 is 6.66. The van der Waals surface area contributed by atoms with Gasteiger partial charge in [-0.05, 0) is 46.3 Å². The second kappa shape index (κ2) is 4.97. The molecule has 0 saturated heterocycles. The number of fused-ring (bicyclic) bond motifs is 1. The average molecular weight is 318 g/mol. The molecule has 0 aliphatic carbocycles. The topological polar surface area (TPSA) is 45.2 Å². The molecule has 3 rings (SSSR count). The molecule has 0 fully saturated rings. The van der Waals surface area contributed by atoms with E-state index in [0.29, 0.717) is 6.61 Å². The number of phenols is 1. The highest BCUT2D eigenvalue weighted by Gasteiger charge is 2.06. The number of benzene rings is 2. The van der Waals surface area contributed by atoms with Crippen LogP contribution in [0, 0.1) is 0 Å². The third kappa shape index (κ3) is 2.44. The molecule has 96 valence electrons. The van der Waals surface area contributed by atoms with Crippen molar-refractivity contribution < 1.29 is 9.84 Å². The molecule has 3 nitrogen and oxygen atoms in total. The summed E-state index contributed by atoms with van der Waals surface area (Å²) in [5, 5.41) is 10.6. The molecule has 1 aromatic heterocycles. The van der Waals surface area contributed by atoms with Gasteiger partial charge in [0.15, 0.2) is 0 Å². The van der Waals surface area contributed by atoms with Crippen LogP contribution in [0.3, 0.4) is 0 Å².